The van der Waals surface area contributed by atoms with Gasteiger partial charge in [-0.1, -0.05) is 30.3 Å². The Morgan fingerprint density at radius 3 is 2.76 bits per heavy atom. The van der Waals surface area contributed by atoms with Gasteiger partial charge in [-0.25, -0.2) is 0 Å². The highest BCUT2D eigenvalue weighted by molar-refractivity contribution is 5.78. The number of amides is 1. The summed E-state index contributed by atoms with van der Waals surface area (Å²) < 4.78 is 0. The van der Waals surface area contributed by atoms with Crippen molar-refractivity contribution in [3.05, 3.63) is 35.9 Å². The molecule has 114 valence electrons. The minimum atomic E-state index is 0.248. The largest absolute Gasteiger partial charge is 0.340 e. The number of nitrogens with one attached hydrogen (secondary N) is 1. The average Bonchev–Trinajstić information content (AvgIpc) is 3.09. The van der Waals surface area contributed by atoms with Crippen molar-refractivity contribution in [2.45, 2.75) is 30.8 Å². The van der Waals surface area contributed by atoms with Gasteiger partial charge in [-0.2, -0.15) is 0 Å². The van der Waals surface area contributed by atoms with Gasteiger partial charge in [0.05, 0.1) is 6.54 Å². The van der Waals surface area contributed by atoms with Crippen molar-refractivity contribution in [3.8, 4) is 0 Å². The number of nitrogens with zero attached hydrogens (tertiary/aromatic N) is 2. The van der Waals surface area contributed by atoms with Crippen molar-refractivity contribution in [3.63, 3.8) is 0 Å². The van der Waals surface area contributed by atoms with Gasteiger partial charge in [0.25, 0.3) is 0 Å². The van der Waals surface area contributed by atoms with E-state index in [1.807, 2.05) is 11.0 Å². The predicted molar refractivity (Wildman–Crippen MR) is 84.3 cm³/mol. The molecular formula is C17H25N3O. The van der Waals surface area contributed by atoms with Gasteiger partial charge in [0.1, 0.15) is 0 Å². The molecule has 3 rings (SSSR count). The van der Waals surface area contributed by atoms with Crippen LogP contribution in [0.15, 0.2) is 30.3 Å². The molecule has 1 N–H and O–H groups in total. The first-order valence-electron chi connectivity index (χ1n) is 7.87. The summed E-state index contributed by atoms with van der Waals surface area (Å²) in [5.41, 5.74) is 1.39. The van der Waals surface area contributed by atoms with Crippen molar-refractivity contribution < 1.29 is 4.79 Å². The molecule has 1 saturated carbocycles. The molecule has 1 aromatic carbocycles. The van der Waals surface area contributed by atoms with Crippen molar-refractivity contribution in [1.82, 2.24) is 15.1 Å². The lowest BCUT2D eigenvalue weighted by Crippen LogP contribution is -2.39. The van der Waals surface area contributed by atoms with E-state index < -0.39 is 0 Å². The fourth-order valence-corrected chi connectivity index (χ4v) is 3.21. The third-order valence-corrected chi connectivity index (χ3v) is 4.78. The minimum absolute atomic E-state index is 0.248. The van der Waals surface area contributed by atoms with Crippen LogP contribution in [0.4, 0.5) is 0 Å². The zero-order chi connectivity index (χ0) is 14.8. The molecule has 0 spiro atoms. The SMILES string of the molecule is CN(C)[C@@H]1CCN(C(=O)CNC2CC2c2ccccc2)C1. The van der Waals surface area contributed by atoms with E-state index in [4.69, 9.17) is 0 Å². The molecule has 2 unspecified atom stereocenters. The van der Waals surface area contributed by atoms with Crippen LogP contribution in [0.5, 0.6) is 0 Å². The topological polar surface area (TPSA) is 35.6 Å². The number of carbonyl (C=O) groups is 1. The van der Waals surface area contributed by atoms with Crippen LogP contribution in [0, 0.1) is 0 Å². The number of hydrogen-bond donors (Lipinski definition) is 1. The average molecular weight is 287 g/mol. The molecular weight excluding hydrogens is 262 g/mol. The smallest absolute Gasteiger partial charge is 0.236 e. The van der Waals surface area contributed by atoms with Gasteiger partial charge in [-0.3, -0.25) is 4.79 Å². The van der Waals surface area contributed by atoms with Crippen LogP contribution in [0.25, 0.3) is 0 Å². The minimum Gasteiger partial charge on any atom is -0.340 e. The molecule has 0 bridgehead atoms. The molecule has 1 aliphatic heterocycles. The maximum Gasteiger partial charge on any atom is 0.236 e. The van der Waals surface area contributed by atoms with E-state index in [0.29, 0.717) is 24.5 Å². The number of carbonyl (C=O) groups excluding carboxylic acids is 1. The second-order valence-corrected chi connectivity index (χ2v) is 6.49. The molecule has 4 heteroatoms. The molecule has 2 aliphatic rings. The molecule has 1 heterocycles. The fraction of sp³-hybridized carbons (Fsp3) is 0.588. The highest BCUT2D eigenvalue weighted by atomic mass is 16.2. The van der Waals surface area contributed by atoms with Gasteiger partial charge < -0.3 is 15.1 Å². The van der Waals surface area contributed by atoms with Gasteiger partial charge in [0, 0.05) is 31.1 Å². The first kappa shape index (κ1) is 14.5. The molecule has 2 fully saturated rings. The normalized spacial score (nSPS) is 28.1. The summed E-state index contributed by atoms with van der Waals surface area (Å²) in [6.07, 6.45) is 2.24. The first-order chi connectivity index (χ1) is 10.1. The van der Waals surface area contributed by atoms with Crippen molar-refractivity contribution >= 4 is 5.91 Å². The van der Waals surface area contributed by atoms with Gasteiger partial charge in [0.15, 0.2) is 0 Å². The van der Waals surface area contributed by atoms with Crippen LogP contribution in [0.3, 0.4) is 0 Å². The van der Waals surface area contributed by atoms with E-state index in [1.54, 1.807) is 0 Å². The maximum atomic E-state index is 12.2. The highest BCUT2D eigenvalue weighted by Gasteiger charge is 2.38. The third-order valence-electron chi connectivity index (χ3n) is 4.78. The monoisotopic (exact) mass is 287 g/mol. The lowest BCUT2D eigenvalue weighted by atomic mass is 10.1. The first-order valence-corrected chi connectivity index (χ1v) is 7.87. The van der Waals surface area contributed by atoms with E-state index in [-0.39, 0.29) is 5.91 Å². The summed E-state index contributed by atoms with van der Waals surface area (Å²) in [7, 11) is 4.18. The summed E-state index contributed by atoms with van der Waals surface area (Å²) in [5.74, 6) is 0.838. The van der Waals surface area contributed by atoms with Crippen molar-refractivity contribution in [2.75, 3.05) is 33.7 Å². The van der Waals surface area contributed by atoms with Crippen molar-refractivity contribution in [2.24, 2.45) is 0 Å². The standard InChI is InChI=1S/C17H25N3O/c1-19(2)14-8-9-20(12-14)17(21)11-18-16-10-15(16)13-6-4-3-5-7-13/h3-7,14-16,18H,8-12H2,1-2H3/t14-,15?,16?/m1/s1. The zero-order valence-corrected chi connectivity index (χ0v) is 13.0. The Morgan fingerprint density at radius 2 is 2.10 bits per heavy atom. The molecule has 4 nitrogen and oxygen atoms in total. The Kier molecular flexibility index (Phi) is 4.27. The second-order valence-electron chi connectivity index (χ2n) is 6.49. The van der Waals surface area contributed by atoms with Gasteiger partial charge >= 0.3 is 0 Å². The van der Waals surface area contributed by atoms with E-state index >= 15 is 0 Å². The van der Waals surface area contributed by atoms with Crippen molar-refractivity contribution in [1.29, 1.82) is 0 Å². The van der Waals surface area contributed by atoms with Crippen LogP contribution >= 0.6 is 0 Å². The van der Waals surface area contributed by atoms with Gasteiger partial charge in [-0.05, 0) is 32.5 Å². The summed E-state index contributed by atoms with van der Waals surface area (Å²) in [6.45, 7) is 2.25. The van der Waals surface area contributed by atoms with E-state index in [9.17, 15) is 4.79 Å². The Balaban J connectivity index is 1.42. The van der Waals surface area contributed by atoms with Crippen LogP contribution in [0.1, 0.15) is 24.3 Å². The molecule has 0 aromatic heterocycles. The van der Waals surface area contributed by atoms with E-state index in [1.165, 1.54) is 5.56 Å². The zero-order valence-electron chi connectivity index (χ0n) is 13.0. The van der Waals surface area contributed by atoms with E-state index in [2.05, 4.69) is 48.6 Å². The third kappa shape index (κ3) is 3.44. The summed E-state index contributed by atoms with van der Waals surface area (Å²) in [4.78, 5) is 16.4. The molecule has 1 aliphatic carbocycles. The highest BCUT2D eigenvalue weighted by Crippen LogP contribution is 2.40. The summed E-state index contributed by atoms with van der Waals surface area (Å²) in [5, 5.41) is 3.42. The molecule has 21 heavy (non-hydrogen) atoms. The van der Waals surface area contributed by atoms with Crippen LogP contribution in [0.2, 0.25) is 0 Å². The number of likely N-dealkylation sites (tertiary alicyclic amines) is 1. The number of hydrogen-bond acceptors (Lipinski definition) is 3. The molecule has 1 saturated heterocycles. The Labute approximate surface area is 127 Å². The number of benzene rings is 1. The molecule has 0 radical (unpaired) electrons. The van der Waals surface area contributed by atoms with Gasteiger partial charge in [-0.15, -0.1) is 0 Å². The fourth-order valence-electron chi connectivity index (χ4n) is 3.21. The predicted octanol–water partition coefficient (Wildman–Crippen LogP) is 1.29. The molecule has 3 atom stereocenters. The van der Waals surface area contributed by atoms with Crippen LogP contribution in [-0.2, 0) is 4.79 Å². The molecule has 1 amide bonds. The van der Waals surface area contributed by atoms with Crippen LogP contribution in [-0.4, -0.2) is 61.5 Å². The quantitative estimate of drug-likeness (QED) is 0.886. The van der Waals surface area contributed by atoms with E-state index in [0.717, 1.165) is 25.9 Å². The Hall–Kier alpha value is -1.39. The Bertz CT molecular complexity index is 488. The molecule has 1 aromatic rings. The lowest BCUT2D eigenvalue weighted by Gasteiger charge is -2.20. The summed E-state index contributed by atoms with van der Waals surface area (Å²) >= 11 is 0. The van der Waals surface area contributed by atoms with Crippen LogP contribution < -0.4 is 5.32 Å². The maximum absolute atomic E-state index is 12.2. The number of rotatable bonds is 5. The summed E-state index contributed by atoms with van der Waals surface area (Å²) in [6, 6.07) is 11.6. The second kappa shape index (κ2) is 6.16. The lowest BCUT2D eigenvalue weighted by molar-refractivity contribution is -0.129. The Morgan fingerprint density at radius 1 is 1.33 bits per heavy atom. The number of likely N-dealkylation sites (N-methyl/N-ethyl adjacent to an activating group) is 1. The van der Waals surface area contributed by atoms with Gasteiger partial charge in [0.2, 0.25) is 5.91 Å².